The molecule has 8 heavy (non-hydrogen) atoms. The number of hydrogen-bond donors (Lipinski definition) is 1. The smallest absolute Gasteiger partial charge is 0.127 e. The average molecular weight is 113 g/mol. The summed E-state index contributed by atoms with van der Waals surface area (Å²) in [6.45, 7) is 0.154. The third-order valence-electron chi connectivity index (χ3n) is 0.884. The monoisotopic (exact) mass is 113 g/mol. The molecular weight excluding hydrogens is 106 g/mol. The summed E-state index contributed by atoms with van der Waals surface area (Å²) in [6, 6.07) is 0. The minimum atomic E-state index is 0.154. The molecule has 1 aromatic rings. The molecule has 0 spiro atoms. The number of hydrogen-bond acceptors (Lipinski definition) is 3. The fraction of sp³-hybridized carbons (Fsp3) is 0.400. The summed E-state index contributed by atoms with van der Waals surface area (Å²) in [5.74, 6) is 0. The van der Waals surface area contributed by atoms with Crippen LogP contribution < -0.4 is 0 Å². The Morgan fingerprint density at radius 1 is 1.75 bits per heavy atom. The third-order valence-corrected chi connectivity index (χ3v) is 0.884. The van der Waals surface area contributed by atoms with Gasteiger partial charge in [-0.25, -0.2) is 0 Å². The predicted octanol–water partition coefficient (Wildman–Crippen LogP) is 0.209. The second-order valence-electron chi connectivity index (χ2n) is 1.51. The predicted molar refractivity (Wildman–Crippen MR) is 27.3 cm³/mol. The Kier molecular flexibility index (Phi) is 1.64. The highest BCUT2D eigenvalue weighted by Crippen LogP contribution is 1.94. The highest BCUT2D eigenvalue weighted by Gasteiger charge is 1.90. The van der Waals surface area contributed by atoms with E-state index in [0.717, 1.165) is 5.56 Å². The van der Waals surface area contributed by atoms with E-state index in [-0.39, 0.29) is 6.61 Å². The van der Waals surface area contributed by atoms with E-state index in [1.54, 1.807) is 6.20 Å². The fourth-order valence-corrected chi connectivity index (χ4v) is 0.479. The first-order chi connectivity index (χ1) is 3.93. The summed E-state index contributed by atoms with van der Waals surface area (Å²) in [5.41, 5.74) is 0.938. The van der Waals surface area contributed by atoms with Gasteiger partial charge in [0.25, 0.3) is 0 Å². The van der Waals surface area contributed by atoms with Crippen LogP contribution in [0.15, 0.2) is 17.0 Å². The molecule has 0 unspecified atom stereocenters. The van der Waals surface area contributed by atoms with Crippen molar-refractivity contribution in [3.63, 3.8) is 0 Å². The molecule has 1 N–H and O–H groups in total. The van der Waals surface area contributed by atoms with Crippen molar-refractivity contribution in [3.05, 3.63) is 18.0 Å². The molecule has 1 rings (SSSR count). The second-order valence-corrected chi connectivity index (χ2v) is 1.51. The van der Waals surface area contributed by atoms with Crippen molar-refractivity contribution >= 4 is 0 Å². The summed E-state index contributed by atoms with van der Waals surface area (Å²) in [7, 11) is 0. The normalized spacial score (nSPS) is 9.62. The van der Waals surface area contributed by atoms with E-state index in [9.17, 15) is 0 Å². The SMILES string of the molecule is OCCc1cnoc1. The molecule has 0 aliphatic heterocycles. The van der Waals surface area contributed by atoms with Crippen molar-refractivity contribution in [2.45, 2.75) is 6.42 Å². The highest BCUT2D eigenvalue weighted by atomic mass is 16.5. The maximum Gasteiger partial charge on any atom is 0.127 e. The molecule has 1 heterocycles. The molecule has 0 amide bonds. The van der Waals surface area contributed by atoms with Crippen molar-refractivity contribution in [2.24, 2.45) is 0 Å². The van der Waals surface area contributed by atoms with Crippen LogP contribution in [0.4, 0.5) is 0 Å². The quantitative estimate of drug-likeness (QED) is 0.596. The van der Waals surface area contributed by atoms with Crippen LogP contribution in [0.2, 0.25) is 0 Å². The molecule has 0 atom stereocenters. The van der Waals surface area contributed by atoms with Gasteiger partial charge in [-0.3, -0.25) is 0 Å². The summed E-state index contributed by atoms with van der Waals surface area (Å²) in [5, 5.41) is 11.8. The van der Waals surface area contributed by atoms with Gasteiger partial charge in [0, 0.05) is 18.6 Å². The topological polar surface area (TPSA) is 46.3 Å². The van der Waals surface area contributed by atoms with Crippen LogP contribution >= 0.6 is 0 Å². The Balaban J connectivity index is 2.50. The van der Waals surface area contributed by atoms with Gasteiger partial charge in [-0.2, -0.15) is 0 Å². The van der Waals surface area contributed by atoms with Crippen molar-refractivity contribution in [3.8, 4) is 0 Å². The number of rotatable bonds is 2. The van der Waals surface area contributed by atoms with Gasteiger partial charge in [0.2, 0.25) is 0 Å². The van der Waals surface area contributed by atoms with Gasteiger partial charge >= 0.3 is 0 Å². The van der Waals surface area contributed by atoms with E-state index in [4.69, 9.17) is 5.11 Å². The van der Waals surface area contributed by atoms with E-state index in [2.05, 4.69) is 9.68 Å². The lowest BCUT2D eigenvalue weighted by Gasteiger charge is -1.82. The minimum Gasteiger partial charge on any atom is -0.396 e. The summed E-state index contributed by atoms with van der Waals surface area (Å²) >= 11 is 0. The zero-order valence-corrected chi connectivity index (χ0v) is 4.37. The average Bonchev–Trinajstić information content (AvgIpc) is 2.19. The zero-order valence-electron chi connectivity index (χ0n) is 4.37. The van der Waals surface area contributed by atoms with E-state index in [1.165, 1.54) is 6.26 Å². The Bertz CT molecular complexity index is 136. The maximum atomic E-state index is 8.37. The molecule has 3 nitrogen and oxygen atoms in total. The van der Waals surface area contributed by atoms with Crippen LogP contribution in [-0.4, -0.2) is 16.9 Å². The summed E-state index contributed by atoms with van der Waals surface area (Å²) in [4.78, 5) is 0. The Morgan fingerprint density at radius 2 is 2.62 bits per heavy atom. The third kappa shape index (κ3) is 1.07. The molecule has 0 aliphatic carbocycles. The van der Waals surface area contributed by atoms with E-state index in [0.29, 0.717) is 6.42 Å². The number of aliphatic hydroxyl groups excluding tert-OH is 1. The molecule has 0 bridgehead atoms. The van der Waals surface area contributed by atoms with Crippen LogP contribution in [0.5, 0.6) is 0 Å². The maximum absolute atomic E-state index is 8.37. The number of aromatic nitrogens is 1. The van der Waals surface area contributed by atoms with Crippen molar-refractivity contribution in [1.29, 1.82) is 0 Å². The lowest BCUT2D eigenvalue weighted by atomic mass is 10.3. The largest absolute Gasteiger partial charge is 0.396 e. The first-order valence-corrected chi connectivity index (χ1v) is 2.42. The highest BCUT2D eigenvalue weighted by molar-refractivity contribution is 4.99. The Morgan fingerprint density at radius 3 is 3.12 bits per heavy atom. The summed E-state index contributed by atoms with van der Waals surface area (Å²) < 4.78 is 4.51. The van der Waals surface area contributed by atoms with Gasteiger partial charge in [0.05, 0.1) is 6.20 Å². The van der Waals surface area contributed by atoms with Crippen molar-refractivity contribution < 1.29 is 9.63 Å². The molecule has 0 radical (unpaired) electrons. The van der Waals surface area contributed by atoms with Gasteiger partial charge in [-0.1, -0.05) is 5.16 Å². The number of nitrogens with zero attached hydrogens (tertiary/aromatic N) is 1. The first kappa shape index (κ1) is 5.31. The van der Waals surface area contributed by atoms with Crippen LogP contribution in [0.1, 0.15) is 5.56 Å². The van der Waals surface area contributed by atoms with E-state index in [1.807, 2.05) is 0 Å². The molecule has 0 saturated carbocycles. The second kappa shape index (κ2) is 2.47. The standard InChI is InChI=1S/C5H7NO2/c7-2-1-5-3-6-8-4-5/h3-4,7H,1-2H2. The summed E-state index contributed by atoms with van der Waals surface area (Å²) in [6.07, 6.45) is 3.75. The molecule has 3 heteroatoms. The van der Waals surface area contributed by atoms with Crippen LogP contribution in [0.25, 0.3) is 0 Å². The first-order valence-electron chi connectivity index (χ1n) is 2.42. The Hall–Kier alpha value is -0.830. The van der Waals surface area contributed by atoms with Crippen LogP contribution in [0, 0.1) is 0 Å². The molecule has 1 aromatic heterocycles. The molecule has 44 valence electrons. The van der Waals surface area contributed by atoms with Crippen molar-refractivity contribution in [2.75, 3.05) is 6.61 Å². The van der Waals surface area contributed by atoms with Gasteiger partial charge in [0.15, 0.2) is 0 Å². The van der Waals surface area contributed by atoms with Crippen LogP contribution in [-0.2, 0) is 6.42 Å². The molecule has 0 fully saturated rings. The molecular formula is C5H7NO2. The lowest BCUT2D eigenvalue weighted by Crippen LogP contribution is -1.85. The zero-order chi connectivity index (χ0) is 5.82. The Labute approximate surface area is 46.9 Å². The van der Waals surface area contributed by atoms with Gasteiger partial charge in [-0.15, -0.1) is 0 Å². The number of aliphatic hydroxyl groups is 1. The van der Waals surface area contributed by atoms with Gasteiger partial charge in [-0.05, 0) is 0 Å². The molecule has 0 aromatic carbocycles. The molecule has 0 saturated heterocycles. The molecule has 0 aliphatic rings. The van der Waals surface area contributed by atoms with Gasteiger partial charge in [0.1, 0.15) is 6.26 Å². The van der Waals surface area contributed by atoms with Crippen molar-refractivity contribution in [1.82, 2.24) is 5.16 Å². The lowest BCUT2D eigenvalue weighted by molar-refractivity contribution is 0.299. The minimum absolute atomic E-state index is 0.154. The fourth-order valence-electron chi connectivity index (χ4n) is 0.479. The van der Waals surface area contributed by atoms with E-state index >= 15 is 0 Å². The van der Waals surface area contributed by atoms with E-state index < -0.39 is 0 Å². The van der Waals surface area contributed by atoms with Crippen LogP contribution in [0.3, 0.4) is 0 Å². The van der Waals surface area contributed by atoms with Gasteiger partial charge < -0.3 is 9.63 Å².